The van der Waals surface area contributed by atoms with Gasteiger partial charge in [0.15, 0.2) is 16.7 Å². The van der Waals surface area contributed by atoms with E-state index in [4.69, 9.17) is 17.0 Å². The van der Waals surface area contributed by atoms with Crippen LogP contribution in [0.15, 0.2) is 47.4 Å². The highest BCUT2D eigenvalue weighted by molar-refractivity contribution is 7.89. The SMILES string of the molecule is O=S(=O)(c1ccc(NC(=S)Nc2ccc(F)c(F)c2)cc1)N1CCOCC1. The van der Waals surface area contributed by atoms with E-state index in [-0.39, 0.29) is 15.7 Å². The van der Waals surface area contributed by atoms with Gasteiger partial charge in [-0.05, 0) is 48.6 Å². The summed E-state index contributed by atoms with van der Waals surface area (Å²) in [6.45, 7) is 1.40. The number of halogens is 2. The van der Waals surface area contributed by atoms with Gasteiger partial charge in [0.05, 0.1) is 18.1 Å². The van der Waals surface area contributed by atoms with E-state index in [9.17, 15) is 17.2 Å². The van der Waals surface area contributed by atoms with E-state index in [1.807, 2.05) is 0 Å². The summed E-state index contributed by atoms with van der Waals surface area (Å²) in [7, 11) is -3.56. The zero-order chi connectivity index (χ0) is 19.4. The van der Waals surface area contributed by atoms with E-state index in [2.05, 4.69) is 10.6 Å². The summed E-state index contributed by atoms with van der Waals surface area (Å²) in [6, 6.07) is 9.44. The Morgan fingerprint density at radius 1 is 0.963 bits per heavy atom. The molecule has 0 saturated carbocycles. The molecular formula is C17H17F2N3O3S2. The number of rotatable bonds is 4. The van der Waals surface area contributed by atoms with Gasteiger partial charge < -0.3 is 15.4 Å². The van der Waals surface area contributed by atoms with Gasteiger partial charge in [-0.3, -0.25) is 0 Å². The first-order chi connectivity index (χ1) is 12.9. The maximum absolute atomic E-state index is 13.2. The van der Waals surface area contributed by atoms with Crippen molar-refractivity contribution < 1.29 is 21.9 Å². The lowest BCUT2D eigenvalue weighted by molar-refractivity contribution is 0.0730. The van der Waals surface area contributed by atoms with Gasteiger partial charge in [0.1, 0.15) is 0 Å². The van der Waals surface area contributed by atoms with Crippen molar-refractivity contribution in [1.82, 2.24) is 4.31 Å². The average Bonchev–Trinajstić information content (AvgIpc) is 2.66. The molecular weight excluding hydrogens is 396 g/mol. The van der Waals surface area contributed by atoms with Crippen molar-refractivity contribution in [3.8, 4) is 0 Å². The Morgan fingerprint density at radius 3 is 2.19 bits per heavy atom. The summed E-state index contributed by atoms with van der Waals surface area (Å²) in [5, 5.41) is 5.74. The molecule has 10 heteroatoms. The molecule has 2 N–H and O–H groups in total. The number of hydrogen-bond donors (Lipinski definition) is 2. The third kappa shape index (κ3) is 4.78. The van der Waals surface area contributed by atoms with Crippen molar-refractivity contribution in [2.45, 2.75) is 4.90 Å². The van der Waals surface area contributed by atoms with E-state index in [0.29, 0.717) is 32.0 Å². The molecule has 0 aliphatic carbocycles. The van der Waals surface area contributed by atoms with E-state index in [1.165, 1.54) is 22.5 Å². The van der Waals surface area contributed by atoms with Gasteiger partial charge in [-0.2, -0.15) is 4.31 Å². The highest BCUT2D eigenvalue weighted by Crippen LogP contribution is 2.20. The summed E-state index contributed by atoms with van der Waals surface area (Å²) < 4.78 is 57.9. The van der Waals surface area contributed by atoms with Crippen LogP contribution < -0.4 is 10.6 Å². The number of ether oxygens (including phenoxy) is 1. The maximum Gasteiger partial charge on any atom is 0.243 e. The topological polar surface area (TPSA) is 70.7 Å². The molecule has 2 aromatic rings. The first-order valence-electron chi connectivity index (χ1n) is 8.07. The monoisotopic (exact) mass is 413 g/mol. The molecule has 1 saturated heterocycles. The van der Waals surface area contributed by atoms with E-state index >= 15 is 0 Å². The first-order valence-corrected chi connectivity index (χ1v) is 9.92. The fourth-order valence-corrected chi connectivity index (χ4v) is 4.16. The molecule has 0 bridgehead atoms. The summed E-state index contributed by atoms with van der Waals surface area (Å²) in [5.74, 6) is -1.93. The molecule has 1 aliphatic heterocycles. The molecule has 0 atom stereocenters. The Morgan fingerprint density at radius 2 is 1.56 bits per heavy atom. The van der Waals surface area contributed by atoms with Gasteiger partial charge in [0, 0.05) is 30.5 Å². The van der Waals surface area contributed by atoms with Crippen LogP contribution in [0.2, 0.25) is 0 Å². The quantitative estimate of drug-likeness (QED) is 0.752. The van der Waals surface area contributed by atoms with E-state index in [0.717, 1.165) is 12.1 Å². The maximum atomic E-state index is 13.2. The van der Waals surface area contributed by atoms with Gasteiger partial charge in [-0.1, -0.05) is 0 Å². The minimum absolute atomic E-state index is 0.157. The largest absolute Gasteiger partial charge is 0.379 e. The minimum atomic E-state index is -3.56. The van der Waals surface area contributed by atoms with Gasteiger partial charge in [0.2, 0.25) is 10.0 Å². The molecule has 27 heavy (non-hydrogen) atoms. The number of nitrogens with zero attached hydrogens (tertiary/aromatic N) is 1. The van der Waals surface area contributed by atoms with Gasteiger partial charge in [-0.15, -0.1) is 0 Å². The molecule has 6 nitrogen and oxygen atoms in total. The zero-order valence-corrected chi connectivity index (χ0v) is 15.7. The van der Waals surface area contributed by atoms with Crippen LogP contribution in [0.25, 0.3) is 0 Å². The third-order valence-corrected chi connectivity index (χ3v) is 6.01. The summed E-state index contributed by atoms with van der Waals surface area (Å²) >= 11 is 5.12. The summed E-state index contributed by atoms with van der Waals surface area (Å²) in [6.07, 6.45) is 0. The van der Waals surface area contributed by atoms with Crippen LogP contribution in [0.4, 0.5) is 20.2 Å². The highest BCUT2D eigenvalue weighted by atomic mass is 32.2. The average molecular weight is 413 g/mol. The zero-order valence-electron chi connectivity index (χ0n) is 14.1. The fraction of sp³-hybridized carbons (Fsp3) is 0.235. The lowest BCUT2D eigenvalue weighted by atomic mass is 10.3. The highest BCUT2D eigenvalue weighted by Gasteiger charge is 2.26. The molecule has 1 fully saturated rings. The van der Waals surface area contributed by atoms with Crippen molar-refractivity contribution in [2.75, 3.05) is 36.9 Å². The molecule has 3 rings (SSSR count). The van der Waals surface area contributed by atoms with Gasteiger partial charge in [0.25, 0.3) is 0 Å². The number of sulfonamides is 1. The van der Waals surface area contributed by atoms with Crippen LogP contribution in [0.5, 0.6) is 0 Å². The Bertz CT molecular complexity index is 931. The smallest absolute Gasteiger partial charge is 0.243 e. The van der Waals surface area contributed by atoms with Crippen LogP contribution in [0, 0.1) is 11.6 Å². The number of thiocarbonyl (C=S) groups is 1. The van der Waals surface area contributed by atoms with Gasteiger partial charge in [-0.25, -0.2) is 17.2 Å². The van der Waals surface area contributed by atoms with Crippen LogP contribution >= 0.6 is 12.2 Å². The molecule has 0 amide bonds. The second kappa shape index (κ2) is 8.26. The molecule has 0 radical (unpaired) electrons. The predicted molar refractivity (Wildman–Crippen MR) is 102 cm³/mol. The molecule has 1 heterocycles. The molecule has 2 aromatic carbocycles. The van der Waals surface area contributed by atoms with Crippen molar-refractivity contribution in [3.05, 3.63) is 54.1 Å². The van der Waals surface area contributed by atoms with Crippen molar-refractivity contribution in [3.63, 3.8) is 0 Å². The number of morpholine rings is 1. The van der Waals surface area contributed by atoms with Crippen LogP contribution in [0.3, 0.4) is 0 Å². The normalized spacial score (nSPS) is 15.3. The van der Waals surface area contributed by atoms with Crippen LogP contribution in [-0.2, 0) is 14.8 Å². The lowest BCUT2D eigenvalue weighted by Crippen LogP contribution is -2.40. The van der Waals surface area contributed by atoms with Crippen molar-refractivity contribution in [1.29, 1.82) is 0 Å². The number of hydrogen-bond acceptors (Lipinski definition) is 4. The van der Waals surface area contributed by atoms with E-state index in [1.54, 1.807) is 12.1 Å². The van der Waals surface area contributed by atoms with Gasteiger partial charge >= 0.3 is 0 Å². The van der Waals surface area contributed by atoms with Crippen molar-refractivity contribution in [2.24, 2.45) is 0 Å². The van der Waals surface area contributed by atoms with Crippen LogP contribution in [0.1, 0.15) is 0 Å². The van der Waals surface area contributed by atoms with E-state index < -0.39 is 21.7 Å². The molecule has 0 unspecified atom stereocenters. The molecule has 0 aromatic heterocycles. The Kier molecular flexibility index (Phi) is 6.00. The molecule has 144 valence electrons. The number of nitrogens with one attached hydrogen (secondary N) is 2. The Balaban J connectivity index is 1.64. The Hall–Kier alpha value is -2.14. The standard InChI is InChI=1S/C17H17F2N3O3S2/c18-15-6-3-13(11-16(15)19)21-17(26)20-12-1-4-14(5-2-12)27(23,24)22-7-9-25-10-8-22/h1-6,11H,7-10H2,(H2,20,21,26). The summed E-state index contributed by atoms with van der Waals surface area (Å²) in [4.78, 5) is 0.175. The number of benzene rings is 2. The Labute approximate surface area is 161 Å². The summed E-state index contributed by atoms with van der Waals surface area (Å²) in [5.41, 5.74) is 0.842. The molecule has 0 spiro atoms. The minimum Gasteiger partial charge on any atom is -0.379 e. The van der Waals surface area contributed by atoms with Crippen molar-refractivity contribution >= 4 is 38.7 Å². The third-order valence-electron chi connectivity index (χ3n) is 3.90. The first kappa shape index (κ1) is 19.6. The molecule has 1 aliphatic rings. The second-order valence-corrected chi connectivity index (χ2v) is 8.10. The number of anilines is 2. The lowest BCUT2D eigenvalue weighted by Gasteiger charge is -2.26. The second-order valence-electron chi connectivity index (χ2n) is 5.75. The van der Waals surface area contributed by atoms with Crippen LogP contribution in [-0.4, -0.2) is 44.1 Å². The fourth-order valence-electron chi connectivity index (χ4n) is 2.51. The predicted octanol–water partition coefficient (Wildman–Crippen LogP) is 2.79.